The van der Waals surface area contributed by atoms with Crippen LogP contribution in [0, 0.1) is 0 Å². The molecule has 2 aliphatic rings. The Labute approximate surface area is 113 Å². The van der Waals surface area contributed by atoms with Crippen LogP contribution in [0.1, 0.15) is 26.7 Å². The van der Waals surface area contributed by atoms with Gasteiger partial charge in [-0.3, -0.25) is 0 Å². The Balaban J connectivity index is 1.94. The van der Waals surface area contributed by atoms with E-state index in [0.717, 1.165) is 0 Å². The molecule has 2 fully saturated rings. The van der Waals surface area contributed by atoms with Gasteiger partial charge in [0.15, 0.2) is 18.9 Å². The zero-order valence-electron chi connectivity index (χ0n) is 11.7. The topological polar surface area (TPSA) is 66.4 Å². The third-order valence-electron chi connectivity index (χ3n) is 3.27. The average molecular weight is 274 g/mol. The van der Waals surface area contributed by atoms with Gasteiger partial charge < -0.3 is 28.8 Å². The van der Waals surface area contributed by atoms with E-state index in [0.29, 0.717) is 18.6 Å². The maximum atomic E-state index is 9.61. The molecule has 1 N–H and O–H groups in total. The van der Waals surface area contributed by atoms with Crippen molar-refractivity contribution in [2.24, 2.45) is 0 Å². The van der Waals surface area contributed by atoms with Gasteiger partial charge in [0.05, 0.1) is 12.4 Å². The third-order valence-corrected chi connectivity index (χ3v) is 3.27. The molecule has 6 nitrogen and oxygen atoms in total. The molecule has 0 unspecified atom stereocenters. The summed E-state index contributed by atoms with van der Waals surface area (Å²) in [6.45, 7) is 7.48. The lowest BCUT2D eigenvalue weighted by molar-refractivity contribution is -0.231. The molecule has 0 saturated carbocycles. The van der Waals surface area contributed by atoms with Crippen molar-refractivity contribution < 1.29 is 28.8 Å². The Kier molecular flexibility index (Phi) is 4.17. The average Bonchev–Trinajstić information content (AvgIpc) is 2.76. The summed E-state index contributed by atoms with van der Waals surface area (Å²) in [7, 11) is 1.54. The van der Waals surface area contributed by atoms with Gasteiger partial charge in [0.2, 0.25) is 0 Å². The maximum absolute atomic E-state index is 9.61. The Morgan fingerprint density at radius 1 is 1.37 bits per heavy atom. The number of aliphatic hydroxyl groups is 1. The highest BCUT2D eigenvalue weighted by atomic mass is 16.8. The Bertz CT molecular complexity index is 324. The van der Waals surface area contributed by atoms with E-state index in [1.807, 2.05) is 13.8 Å². The van der Waals surface area contributed by atoms with E-state index < -0.39 is 17.7 Å². The lowest BCUT2D eigenvalue weighted by Crippen LogP contribution is -2.37. The van der Waals surface area contributed by atoms with E-state index in [4.69, 9.17) is 23.7 Å². The molecule has 2 aliphatic heterocycles. The summed E-state index contributed by atoms with van der Waals surface area (Å²) < 4.78 is 27.3. The lowest BCUT2D eigenvalue weighted by Gasteiger charge is -2.29. The Morgan fingerprint density at radius 3 is 2.68 bits per heavy atom. The summed E-state index contributed by atoms with van der Waals surface area (Å²) in [5.41, 5.74) is -0.753. The first-order valence-corrected chi connectivity index (χ1v) is 6.33. The first-order valence-electron chi connectivity index (χ1n) is 6.33. The summed E-state index contributed by atoms with van der Waals surface area (Å²) in [6.07, 6.45) is 0.315. The van der Waals surface area contributed by atoms with Gasteiger partial charge in [0.25, 0.3) is 0 Å². The molecule has 2 saturated heterocycles. The van der Waals surface area contributed by atoms with Crippen LogP contribution < -0.4 is 0 Å². The van der Waals surface area contributed by atoms with E-state index in [-0.39, 0.29) is 19.5 Å². The molecule has 2 rings (SSSR count). The highest BCUT2D eigenvalue weighted by Crippen LogP contribution is 2.44. The van der Waals surface area contributed by atoms with Crippen LogP contribution >= 0.6 is 0 Å². The van der Waals surface area contributed by atoms with Crippen LogP contribution in [0.5, 0.6) is 0 Å². The molecule has 6 heteroatoms. The molecule has 0 bridgehead atoms. The van der Waals surface area contributed by atoms with Crippen molar-refractivity contribution in [3.8, 4) is 0 Å². The largest absolute Gasteiger partial charge is 0.472 e. The highest BCUT2D eigenvalue weighted by Gasteiger charge is 2.55. The number of hydrogen-bond donors (Lipinski definition) is 1. The van der Waals surface area contributed by atoms with Gasteiger partial charge in [-0.05, 0) is 13.8 Å². The van der Waals surface area contributed by atoms with Crippen molar-refractivity contribution in [2.45, 2.75) is 50.5 Å². The van der Waals surface area contributed by atoms with Crippen molar-refractivity contribution in [1.29, 1.82) is 0 Å². The van der Waals surface area contributed by atoms with Crippen LogP contribution in [0.2, 0.25) is 0 Å². The fourth-order valence-corrected chi connectivity index (χ4v) is 2.53. The number of ether oxygens (including phenoxy) is 5. The molecule has 3 atom stereocenters. The zero-order valence-corrected chi connectivity index (χ0v) is 11.7. The number of aliphatic hydroxyl groups excluding tert-OH is 1. The van der Waals surface area contributed by atoms with Gasteiger partial charge in [-0.2, -0.15) is 0 Å². The molecule has 19 heavy (non-hydrogen) atoms. The van der Waals surface area contributed by atoms with Crippen LogP contribution in [0.25, 0.3) is 0 Å². The first-order chi connectivity index (χ1) is 8.90. The van der Waals surface area contributed by atoms with Gasteiger partial charge in [-0.1, -0.05) is 6.58 Å². The number of rotatable bonds is 6. The number of hydrogen-bond acceptors (Lipinski definition) is 6. The normalized spacial score (nSPS) is 36.2. The third kappa shape index (κ3) is 3.27. The Morgan fingerprint density at radius 2 is 2.11 bits per heavy atom. The summed E-state index contributed by atoms with van der Waals surface area (Å²) >= 11 is 0. The SMILES string of the molecule is C=C(C[C@]1(CO)C[C@H]2OC(C)(C)O[C@H]2O1)OCOC. The van der Waals surface area contributed by atoms with Gasteiger partial charge >= 0.3 is 0 Å². The summed E-state index contributed by atoms with van der Waals surface area (Å²) in [5, 5.41) is 9.61. The van der Waals surface area contributed by atoms with Crippen LogP contribution in [0.15, 0.2) is 12.3 Å². The van der Waals surface area contributed by atoms with Crippen molar-refractivity contribution in [2.75, 3.05) is 20.5 Å². The fraction of sp³-hybridized carbons (Fsp3) is 0.846. The van der Waals surface area contributed by atoms with Gasteiger partial charge in [0, 0.05) is 20.0 Å². The van der Waals surface area contributed by atoms with Crippen molar-refractivity contribution in [3.05, 3.63) is 12.3 Å². The minimum Gasteiger partial charge on any atom is -0.472 e. The molecule has 0 radical (unpaired) electrons. The van der Waals surface area contributed by atoms with E-state index in [2.05, 4.69) is 6.58 Å². The summed E-state index contributed by atoms with van der Waals surface area (Å²) in [6, 6.07) is 0. The predicted molar refractivity (Wildman–Crippen MR) is 66.1 cm³/mol. The lowest BCUT2D eigenvalue weighted by atomic mass is 9.95. The Hall–Kier alpha value is -0.660. The summed E-state index contributed by atoms with van der Waals surface area (Å²) in [5.74, 6) is -0.129. The van der Waals surface area contributed by atoms with Gasteiger partial charge in [-0.25, -0.2) is 0 Å². The molecule has 0 aromatic rings. The standard InChI is InChI=1S/C13H22O6/c1-9(16-8-15-4)5-13(7-14)6-10-11(19-13)18-12(2,3)17-10/h10-11,14H,1,5-8H2,2-4H3/t10-,11+,13-/m1/s1. The van der Waals surface area contributed by atoms with E-state index >= 15 is 0 Å². The second-order valence-electron chi connectivity index (χ2n) is 5.47. The van der Waals surface area contributed by atoms with Crippen LogP contribution in [0.4, 0.5) is 0 Å². The molecule has 2 heterocycles. The van der Waals surface area contributed by atoms with Crippen molar-refractivity contribution in [3.63, 3.8) is 0 Å². The van der Waals surface area contributed by atoms with E-state index in [1.54, 1.807) is 0 Å². The zero-order chi connectivity index (χ0) is 14.1. The predicted octanol–water partition coefficient (Wildman–Crippen LogP) is 1.14. The molecule has 0 amide bonds. The second-order valence-corrected chi connectivity index (χ2v) is 5.47. The first kappa shape index (κ1) is 14.7. The molecule has 0 aromatic heterocycles. The minimum atomic E-state index is -0.753. The van der Waals surface area contributed by atoms with Crippen LogP contribution in [0.3, 0.4) is 0 Å². The number of fused-ring (bicyclic) bond motifs is 1. The molecule has 0 aromatic carbocycles. The molecule has 0 spiro atoms. The van der Waals surface area contributed by atoms with Crippen LogP contribution in [-0.4, -0.2) is 49.4 Å². The maximum Gasteiger partial charge on any atom is 0.188 e. The van der Waals surface area contributed by atoms with E-state index in [1.165, 1.54) is 7.11 Å². The van der Waals surface area contributed by atoms with Crippen LogP contribution in [-0.2, 0) is 23.7 Å². The monoisotopic (exact) mass is 274 g/mol. The highest BCUT2D eigenvalue weighted by molar-refractivity contribution is 5.02. The molecular weight excluding hydrogens is 252 g/mol. The fourth-order valence-electron chi connectivity index (χ4n) is 2.53. The van der Waals surface area contributed by atoms with Crippen molar-refractivity contribution >= 4 is 0 Å². The van der Waals surface area contributed by atoms with E-state index in [9.17, 15) is 5.11 Å². The molecular formula is C13H22O6. The van der Waals surface area contributed by atoms with Gasteiger partial charge in [0.1, 0.15) is 11.7 Å². The molecule has 0 aliphatic carbocycles. The number of methoxy groups -OCH3 is 1. The second kappa shape index (κ2) is 5.38. The van der Waals surface area contributed by atoms with Crippen molar-refractivity contribution in [1.82, 2.24) is 0 Å². The van der Waals surface area contributed by atoms with Gasteiger partial charge in [-0.15, -0.1) is 0 Å². The molecule has 110 valence electrons. The summed E-state index contributed by atoms with van der Waals surface area (Å²) in [4.78, 5) is 0. The quantitative estimate of drug-likeness (QED) is 0.579. The minimum absolute atomic E-state index is 0.132. The smallest absolute Gasteiger partial charge is 0.188 e.